The van der Waals surface area contributed by atoms with Crippen LogP contribution in [0.3, 0.4) is 0 Å². The minimum atomic E-state index is -0.364. The van der Waals surface area contributed by atoms with Gasteiger partial charge in [-0.15, -0.1) is 0 Å². The Morgan fingerprint density at radius 3 is 2.51 bits per heavy atom. The van der Waals surface area contributed by atoms with Crippen molar-refractivity contribution in [2.45, 2.75) is 13.5 Å². The molecule has 0 aliphatic carbocycles. The Labute approximate surface area is 282 Å². The molecule has 0 spiro atoms. The van der Waals surface area contributed by atoms with Crippen LogP contribution in [0.25, 0.3) is 44.2 Å². The van der Waals surface area contributed by atoms with Gasteiger partial charge >= 0.3 is 0 Å². The number of halogens is 2. The number of rotatable bonds is 9. The van der Waals surface area contributed by atoms with Crippen LogP contribution in [-0.2, 0) is 6.61 Å². The fourth-order valence-electron chi connectivity index (χ4n) is 5.50. The summed E-state index contributed by atoms with van der Waals surface area (Å²) in [4.78, 5) is 18.6. The Morgan fingerprint density at radius 2 is 1.68 bits per heavy atom. The molecule has 0 atom stereocenters. The summed E-state index contributed by atoms with van der Waals surface area (Å²) in [6.45, 7) is 2.55. The quantitative estimate of drug-likeness (QED) is 0.139. The van der Waals surface area contributed by atoms with E-state index in [9.17, 15) is 4.79 Å². The lowest BCUT2D eigenvalue weighted by atomic mass is 10.1. The SMILES string of the molecule is CCOc1cc(C=Nn2c(-c3cc4c(OC)cccc4o3)nc3ccccc3c2=O)c(Br)c(Cl)c1OCc1cccc2ccccc12. The van der Waals surface area contributed by atoms with Crippen LogP contribution in [0.2, 0.25) is 5.02 Å². The van der Waals surface area contributed by atoms with Crippen molar-refractivity contribution in [2.24, 2.45) is 5.10 Å². The number of ether oxygens (including phenoxy) is 3. The number of hydrogen-bond acceptors (Lipinski definition) is 7. The molecule has 0 saturated carbocycles. The van der Waals surface area contributed by atoms with E-state index in [2.05, 4.69) is 39.2 Å². The fourth-order valence-corrected chi connectivity index (χ4v) is 6.15. The van der Waals surface area contributed by atoms with Crippen LogP contribution in [0.1, 0.15) is 18.1 Å². The van der Waals surface area contributed by atoms with Gasteiger partial charge in [-0.3, -0.25) is 4.79 Å². The molecule has 2 heterocycles. The zero-order valence-electron chi connectivity index (χ0n) is 25.4. The van der Waals surface area contributed by atoms with E-state index >= 15 is 0 Å². The Morgan fingerprint density at radius 1 is 0.915 bits per heavy atom. The Bertz CT molecular complexity index is 2380. The van der Waals surface area contributed by atoms with E-state index in [4.69, 9.17) is 35.2 Å². The molecule has 0 radical (unpaired) electrons. The van der Waals surface area contributed by atoms with E-state index in [0.717, 1.165) is 21.7 Å². The highest BCUT2D eigenvalue weighted by molar-refractivity contribution is 9.10. The molecule has 0 aliphatic heterocycles. The second-order valence-corrected chi connectivity index (χ2v) is 11.7. The Hall–Kier alpha value is -5.12. The molecule has 234 valence electrons. The Balaban J connectivity index is 1.30. The van der Waals surface area contributed by atoms with Crippen LogP contribution >= 0.6 is 27.5 Å². The van der Waals surface area contributed by atoms with Crippen molar-refractivity contribution in [2.75, 3.05) is 13.7 Å². The first-order chi connectivity index (χ1) is 23.0. The van der Waals surface area contributed by atoms with Gasteiger partial charge in [0.05, 0.1) is 36.2 Å². The van der Waals surface area contributed by atoms with Crippen LogP contribution < -0.4 is 19.8 Å². The number of nitrogens with zero attached hydrogens (tertiary/aromatic N) is 3. The molecule has 10 heteroatoms. The number of aromatic nitrogens is 2. The zero-order chi connectivity index (χ0) is 32.5. The monoisotopic (exact) mass is 707 g/mol. The van der Waals surface area contributed by atoms with Crippen molar-refractivity contribution in [1.82, 2.24) is 9.66 Å². The minimum Gasteiger partial charge on any atom is -0.496 e. The van der Waals surface area contributed by atoms with E-state index in [1.165, 1.54) is 10.9 Å². The fraction of sp³-hybridized carbons (Fsp3) is 0.108. The smallest absolute Gasteiger partial charge is 0.282 e. The van der Waals surface area contributed by atoms with Gasteiger partial charge in [-0.25, -0.2) is 4.98 Å². The number of hydrogen-bond donors (Lipinski definition) is 0. The third kappa shape index (κ3) is 5.73. The number of methoxy groups -OCH3 is 1. The number of benzene rings is 5. The van der Waals surface area contributed by atoms with E-state index in [1.54, 1.807) is 37.4 Å². The lowest BCUT2D eigenvalue weighted by molar-refractivity contribution is 0.270. The molecule has 0 aliphatic rings. The van der Waals surface area contributed by atoms with Crippen molar-refractivity contribution < 1.29 is 18.6 Å². The van der Waals surface area contributed by atoms with Crippen molar-refractivity contribution >= 4 is 66.4 Å². The summed E-state index contributed by atoms with van der Waals surface area (Å²) in [5, 5.41) is 8.30. The first-order valence-corrected chi connectivity index (χ1v) is 16.0. The van der Waals surface area contributed by atoms with Gasteiger partial charge in [0, 0.05) is 10.0 Å². The van der Waals surface area contributed by atoms with Crippen LogP contribution in [0.15, 0.2) is 116 Å². The molecule has 0 unspecified atom stereocenters. The van der Waals surface area contributed by atoms with Crippen molar-refractivity contribution in [1.29, 1.82) is 0 Å². The Kier molecular flexibility index (Phi) is 8.41. The summed E-state index contributed by atoms with van der Waals surface area (Å²) in [5.41, 5.74) is 2.32. The topological polar surface area (TPSA) is 88.1 Å². The molecule has 0 N–H and O–H groups in total. The molecule has 0 bridgehead atoms. The van der Waals surface area contributed by atoms with Crippen LogP contribution in [0.4, 0.5) is 0 Å². The molecule has 0 saturated heterocycles. The molecule has 7 aromatic rings. The summed E-state index contributed by atoms with van der Waals surface area (Å²) in [7, 11) is 1.59. The highest BCUT2D eigenvalue weighted by Crippen LogP contribution is 2.43. The van der Waals surface area contributed by atoms with Gasteiger partial charge in [-0.05, 0) is 75.6 Å². The van der Waals surface area contributed by atoms with Crippen LogP contribution in [-0.4, -0.2) is 29.6 Å². The third-order valence-electron chi connectivity index (χ3n) is 7.74. The summed E-state index contributed by atoms with van der Waals surface area (Å²) < 4.78 is 25.7. The average Bonchev–Trinajstić information content (AvgIpc) is 3.54. The number of furan rings is 1. The molecule has 7 rings (SSSR count). The summed E-state index contributed by atoms with van der Waals surface area (Å²) in [6, 6.07) is 30.4. The van der Waals surface area contributed by atoms with Gasteiger partial charge in [-0.1, -0.05) is 72.3 Å². The van der Waals surface area contributed by atoms with Crippen LogP contribution in [0.5, 0.6) is 17.2 Å². The first kappa shape index (κ1) is 30.5. The summed E-state index contributed by atoms with van der Waals surface area (Å²) in [5.74, 6) is 2.06. The largest absolute Gasteiger partial charge is 0.496 e. The molecule has 8 nitrogen and oxygen atoms in total. The molecule has 2 aromatic heterocycles. The minimum absolute atomic E-state index is 0.227. The lowest BCUT2D eigenvalue weighted by Crippen LogP contribution is -2.20. The molecule has 0 amide bonds. The predicted octanol–water partition coefficient (Wildman–Crippen LogP) is 9.25. The predicted molar refractivity (Wildman–Crippen MR) is 189 cm³/mol. The van der Waals surface area contributed by atoms with Crippen molar-refractivity contribution in [3.63, 3.8) is 0 Å². The normalized spacial score (nSPS) is 11.6. The standard InChI is InChI=1S/C37H27BrClN3O5/c1-3-45-31-18-24(33(38)34(39)35(31)46-21-23-12-8-11-22-10-4-5-13-25(22)23)20-40-42-36(41-28-15-7-6-14-26(28)37(42)43)32-19-27-29(44-2)16-9-17-30(27)47-32/h4-20H,3,21H2,1-2H3. The molecule has 47 heavy (non-hydrogen) atoms. The highest BCUT2D eigenvalue weighted by Gasteiger charge is 2.20. The maximum Gasteiger partial charge on any atom is 0.282 e. The molecule has 5 aromatic carbocycles. The summed E-state index contributed by atoms with van der Waals surface area (Å²) in [6.07, 6.45) is 1.53. The van der Waals surface area contributed by atoms with Crippen LogP contribution in [0, 0.1) is 0 Å². The average molecular weight is 709 g/mol. The zero-order valence-corrected chi connectivity index (χ0v) is 27.7. The van der Waals surface area contributed by atoms with Gasteiger partial charge in [0.2, 0.25) is 5.82 Å². The van der Waals surface area contributed by atoms with E-state index in [-0.39, 0.29) is 18.0 Å². The second kappa shape index (κ2) is 12.9. The summed E-state index contributed by atoms with van der Waals surface area (Å²) >= 11 is 10.5. The first-order valence-electron chi connectivity index (χ1n) is 14.8. The van der Waals surface area contributed by atoms with E-state index in [0.29, 0.717) is 61.2 Å². The maximum atomic E-state index is 13.8. The highest BCUT2D eigenvalue weighted by atomic mass is 79.9. The second-order valence-electron chi connectivity index (χ2n) is 10.6. The van der Waals surface area contributed by atoms with Gasteiger partial charge < -0.3 is 18.6 Å². The van der Waals surface area contributed by atoms with Gasteiger partial charge in [0.25, 0.3) is 5.56 Å². The number of fused-ring (bicyclic) bond motifs is 3. The van der Waals surface area contributed by atoms with Gasteiger partial charge in [0.15, 0.2) is 17.3 Å². The molecular formula is C37H27BrClN3O5. The molecule has 0 fully saturated rings. The van der Waals surface area contributed by atoms with E-state index in [1.807, 2.05) is 55.5 Å². The van der Waals surface area contributed by atoms with E-state index < -0.39 is 0 Å². The number of para-hydroxylation sites is 1. The van der Waals surface area contributed by atoms with Gasteiger partial charge in [-0.2, -0.15) is 9.78 Å². The molecular weight excluding hydrogens is 682 g/mol. The van der Waals surface area contributed by atoms with Crippen molar-refractivity contribution in [3.05, 3.63) is 128 Å². The van der Waals surface area contributed by atoms with Crippen molar-refractivity contribution in [3.8, 4) is 28.8 Å². The van der Waals surface area contributed by atoms with Gasteiger partial charge in [0.1, 0.15) is 23.0 Å². The maximum absolute atomic E-state index is 13.8. The lowest BCUT2D eigenvalue weighted by Gasteiger charge is -2.17. The third-order valence-corrected chi connectivity index (χ3v) is 9.18.